The van der Waals surface area contributed by atoms with Crippen LogP contribution in [0.1, 0.15) is 55.3 Å². The minimum absolute atomic E-state index is 0.556. The van der Waals surface area contributed by atoms with Gasteiger partial charge in [-0.3, -0.25) is 0 Å². The molecule has 1 saturated carbocycles. The largest absolute Gasteiger partial charge is 0.310 e. The van der Waals surface area contributed by atoms with Crippen molar-refractivity contribution < 1.29 is 0 Å². The molecule has 0 amide bonds. The second kappa shape index (κ2) is 5.68. The maximum absolute atomic E-state index is 3.65. The molecule has 1 nitrogen and oxygen atoms in total. The highest BCUT2D eigenvalue weighted by Gasteiger charge is 2.23. The first-order valence-corrected chi connectivity index (χ1v) is 7.01. The summed E-state index contributed by atoms with van der Waals surface area (Å²) in [5.41, 5.74) is 4.31. The summed E-state index contributed by atoms with van der Waals surface area (Å²) in [6, 6.07) is 7.38. The minimum atomic E-state index is 0.556. The second-order valence-electron chi connectivity index (χ2n) is 5.49. The molecule has 1 aromatic carbocycles. The average molecular weight is 231 g/mol. The van der Waals surface area contributed by atoms with Crippen LogP contribution >= 0.6 is 0 Å². The van der Waals surface area contributed by atoms with E-state index in [0.717, 1.165) is 12.5 Å². The summed E-state index contributed by atoms with van der Waals surface area (Å²) in [6.45, 7) is 7.68. The molecule has 1 heteroatoms. The molecule has 2 rings (SSSR count). The number of hydrogen-bond donors (Lipinski definition) is 1. The van der Waals surface area contributed by atoms with Crippen LogP contribution in [0.2, 0.25) is 0 Å². The van der Waals surface area contributed by atoms with Gasteiger partial charge in [0.2, 0.25) is 0 Å². The van der Waals surface area contributed by atoms with Crippen molar-refractivity contribution in [3.8, 4) is 0 Å². The van der Waals surface area contributed by atoms with Gasteiger partial charge in [-0.1, -0.05) is 43.5 Å². The third kappa shape index (κ3) is 3.57. The summed E-state index contributed by atoms with van der Waals surface area (Å²) in [7, 11) is 0. The Morgan fingerprint density at radius 2 is 2.06 bits per heavy atom. The normalized spacial score (nSPS) is 17.1. The summed E-state index contributed by atoms with van der Waals surface area (Å²) in [5, 5.41) is 3.65. The highest BCUT2D eigenvalue weighted by molar-refractivity contribution is 5.33. The zero-order valence-electron chi connectivity index (χ0n) is 11.4. The van der Waals surface area contributed by atoms with Gasteiger partial charge in [0.15, 0.2) is 0 Å². The van der Waals surface area contributed by atoms with Gasteiger partial charge in [0.05, 0.1) is 0 Å². The first kappa shape index (κ1) is 12.6. The lowest BCUT2D eigenvalue weighted by atomic mass is 9.95. The SMILES string of the molecule is CCNC(CCC1CC1)c1cc(C)ccc1C. The van der Waals surface area contributed by atoms with Crippen molar-refractivity contribution in [2.24, 2.45) is 5.92 Å². The van der Waals surface area contributed by atoms with Crippen LogP contribution in [0.3, 0.4) is 0 Å². The van der Waals surface area contributed by atoms with E-state index in [1.807, 2.05) is 0 Å². The molecule has 0 radical (unpaired) electrons. The quantitative estimate of drug-likeness (QED) is 0.775. The van der Waals surface area contributed by atoms with Gasteiger partial charge in [-0.05, 0) is 50.3 Å². The molecule has 0 bridgehead atoms. The fourth-order valence-electron chi connectivity index (χ4n) is 2.56. The monoisotopic (exact) mass is 231 g/mol. The lowest BCUT2D eigenvalue weighted by molar-refractivity contribution is 0.480. The first-order chi connectivity index (χ1) is 8.20. The Balaban J connectivity index is 2.08. The molecule has 0 aromatic heterocycles. The van der Waals surface area contributed by atoms with Crippen molar-refractivity contribution in [1.82, 2.24) is 5.32 Å². The maximum Gasteiger partial charge on any atom is 0.0322 e. The van der Waals surface area contributed by atoms with Crippen LogP contribution in [0.4, 0.5) is 0 Å². The fraction of sp³-hybridized carbons (Fsp3) is 0.625. The topological polar surface area (TPSA) is 12.0 Å². The lowest BCUT2D eigenvalue weighted by Gasteiger charge is -2.21. The molecule has 1 unspecified atom stereocenters. The third-order valence-electron chi connectivity index (χ3n) is 3.82. The van der Waals surface area contributed by atoms with Crippen molar-refractivity contribution >= 4 is 0 Å². The summed E-state index contributed by atoms with van der Waals surface area (Å²) in [5.74, 6) is 1.03. The van der Waals surface area contributed by atoms with Crippen LogP contribution in [-0.4, -0.2) is 6.54 Å². The van der Waals surface area contributed by atoms with Crippen LogP contribution in [0.15, 0.2) is 18.2 Å². The maximum atomic E-state index is 3.65. The molecule has 0 spiro atoms. The van der Waals surface area contributed by atoms with E-state index in [1.54, 1.807) is 0 Å². The molecule has 94 valence electrons. The number of aryl methyl sites for hydroxylation is 2. The molecule has 17 heavy (non-hydrogen) atoms. The van der Waals surface area contributed by atoms with E-state index < -0.39 is 0 Å². The molecule has 1 aromatic rings. The summed E-state index contributed by atoms with van der Waals surface area (Å²) in [6.07, 6.45) is 5.62. The predicted molar refractivity (Wildman–Crippen MR) is 74.3 cm³/mol. The van der Waals surface area contributed by atoms with E-state index in [9.17, 15) is 0 Å². The van der Waals surface area contributed by atoms with E-state index in [2.05, 4.69) is 44.3 Å². The van der Waals surface area contributed by atoms with Gasteiger partial charge < -0.3 is 5.32 Å². The standard InChI is InChI=1S/C16H25N/c1-4-17-16(10-9-14-7-8-14)15-11-12(2)5-6-13(15)3/h5-6,11,14,16-17H,4,7-10H2,1-3H3. The van der Waals surface area contributed by atoms with E-state index in [4.69, 9.17) is 0 Å². The fourth-order valence-corrected chi connectivity index (χ4v) is 2.56. The zero-order valence-corrected chi connectivity index (χ0v) is 11.4. The van der Waals surface area contributed by atoms with Gasteiger partial charge in [-0.15, -0.1) is 0 Å². The Morgan fingerprint density at radius 3 is 2.71 bits per heavy atom. The van der Waals surface area contributed by atoms with Crippen molar-refractivity contribution in [2.45, 2.75) is 52.5 Å². The Kier molecular flexibility index (Phi) is 4.22. The lowest BCUT2D eigenvalue weighted by Crippen LogP contribution is -2.22. The molecule has 1 N–H and O–H groups in total. The van der Waals surface area contributed by atoms with Crippen LogP contribution < -0.4 is 5.32 Å². The van der Waals surface area contributed by atoms with Crippen LogP contribution in [0, 0.1) is 19.8 Å². The number of benzene rings is 1. The molecular formula is C16H25N. The highest BCUT2D eigenvalue weighted by Crippen LogP contribution is 2.36. The van der Waals surface area contributed by atoms with Crippen LogP contribution in [-0.2, 0) is 0 Å². The highest BCUT2D eigenvalue weighted by atomic mass is 14.9. The van der Waals surface area contributed by atoms with E-state index >= 15 is 0 Å². The summed E-state index contributed by atoms with van der Waals surface area (Å²) in [4.78, 5) is 0. The van der Waals surface area contributed by atoms with E-state index in [0.29, 0.717) is 6.04 Å². The number of rotatable bonds is 6. The number of nitrogens with one attached hydrogen (secondary N) is 1. The molecule has 0 heterocycles. The Bertz CT molecular complexity index is 366. The smallest absolute Gasteiger partial charge is 0.0322 e. The van der Waals surface area contributed by atoms with Gasteiger partial charge in [-0.2, -0.15) is 0 Å². The van der Waals surface area contributed by atoms with Gasteiger partial charge in [0.1, 0.15) is 0 Å². The predicted octanol–water partition coefficient (Wildman–Crippen LogP) is 4.14. The van der Waals surface area contributed by atoms with Crippen molar-refractivity contribution in [2.75, 3.05) is 6.54 Å². The molecule has 1 fully saturated rings. The third-order valence-corrected chi connectivity index (χ3v) is 3.82. The summed E-state index contributed by atoms with van der Waals surface area (Å²) >= 11 is 0. The van der Waals surface area contributed by atoms with Gasteiger partial charge in [0, 0.05) is 6.04 Å². The van der Waals surface area contributed by atoms with Crippen LogP contribution in [0.25, 0.3) is 0 Å². The first-order valence-electron chi connectivity index (χ1n) is 7.01. The van der Waals surface area contributed by atoms with Gasteiger partial charge in [0.25, 0.3) is 0 Å². The van der Waals surface area contributed by atoms with Gasteiger partial charge >= 0.3 is 0 Å². The molecule has 1 aliphatic carbocycles. The number of hydrogen-bond acceptors (Lipinski definition) is 1. The van der Waals surface area contributed by atoms with Crippen molar-refractivity contribution in [1.29, 1.82) is 0 Å². The average Bonchev–Trinajstić information content (AvgIpc) is 3.12. The van der Waals surface area contributed by atoms with E-state index in [1.165, 1.54) is 42.4 Å². The minimum Gasteiger partial charge on any atom is -0.310 e. The van der Waals surface area contributed by atoms with E-state index in [-0.39, 0.29) is 0 Å². The molecule has 1 aliphatic rings. The zero-order chi connectivity index (χ0) is 12.3. The molecule has 1 atom stereocenters. The Morgan fingerprint density at radius 1 is 1.29 bits per heavy atom. The molecular weight excluding hydrogens is 206 g/mol. The second-order valence-corrected chi connectivity index (χ2v) is 5.49. The van der Waals surface area contributed by atoms with Crippen LogP contribution in [0.5, 0.6) is 0 Å². The summed E-state index contributed by atoms with van der Waals surface area (Å²) < 4.78 is 0. The van der Waals surface area contributed by atoms with Crippen molar-refractivity contribution in [3.05, 3.63) is 34.9 Å². The Hall–Kier alpha value is -0.820. The van der Waals surface area contributed by atoms with Crippen molar-refractivity contribution in [3.63, 3.8) is 0 Å². The molecule has 0 aliphatic heterocycles. The van der Waals surface area contributed by atoms with Gasteiger partial charge in [-0.25, -0.2) is 0 Å². The Labute approximate surface area is 106 Å². The molecule has 0 saturated heterocycles.